The smallest absolute Gasteiger partial charge is 0.198 e. The molecule has 3 nitrogen and oxygen atoms in total. The maximum Gasteiger partial charge on any atom is 0.198 e. The SMILES string of the molecule is CC(C)Cc1cccc(OC(C)OC(C)N(C)C(C)(C)c2ccccc2)c1CC(C)C.Cl. The number of ether oxygens (including phenoxy) is 2. The van der Waals surface area contributed by atoms with E-state index in [-0.39, 0.29) is 30.5 Å². The van der Waals surface area contributed by atoms with Crippen molar-refractivity contribution in [3.63, 3.8) is 0 Å². The van der Waals surface area contributed by atoms with Crippen molar-refractivity contribution in [1.29, 1.82) is 0 Å². The third-order valence-electron chi connectivity index (χ3n) is 6.06. The summed E-state index contributed by atoms with van der Waals surface area (Å²) in [5.74, 6) is 2.14. The highest BCUT2D eigenvalue weighted by Gasteiger charge is 2.30. The Morgan fingerprint density at radius 3 is 1.97 bits per heavy atom. The quantitative estimate of drug-likeness (QED) is 0.324. The molecule has 32 heavy (non-hydrogen) atoms. The lowest BCUT2D eigenvalue weighted by Gasteiger charge is -2.40. The maximum absolute atomic E-state index is 6.36. The van der Waals surface area contributed by atoms with E-state index in [1.807, 2.05) is 6.92 Å². The van der Waals surface area contributed by atoms with Gasteiger partial charge in [-0.3, -0.25) is 4.90 Å². The molecule has 0 aliphatic heterocycles. The molecular weight excluding hydrogens is 418 g/mol. The van der Waals surface area contributed by atoms with Crippen molar-refractivity contribution in [2.45, 2.75) is 86.3 Å². The molecule has 0 bridgehead atoms. The minimum Gasteiger partial charge on any atom is -0.465 e. The van der Waals surface area contributed by atoms with Crippen molar-refractivity contribution in [1.82, 2.24) is 4.90 Å². The van der Waals surface area contributed by atoms with Gasteiger partial charge in [-0.15, -0.1) is 12.4 Å². The molecular formula is C28H44ClNO2. The van der Waals surface area contributed by atoms with Crippen LogP contribution in [0.2, 0.25) is 0 Å². The van der Waals surface area contributed by atoms with Crippen molar-refractivity contribution in [3.05, 3.63) is 65.2 Å². The predicted molar refractivity (Wildman–Crippen MR) is 139 cm³/mol. The van der Waals surface area contributed by atoms with Crippen LogP contribution in [0.25, 0.3) is 0 Å². The summed E-state index contributed by atoms with van der Waals surface area (Å²) >= 11 is 0. The summed E-state index contributed by atoms with van der Waals surface area (Å²) in [6, 6.07) is 17.0. The summed E-state index contributed by atoms with van der Waals surface area (Å²) in [7, 11) is 2.11. The summed E-state index contributed by atoms with van der Waals surface area (Å²) in [5.41, 5.74) is 3.83. The first kappa shape index (κ1) is 28.5. The van der Waals surface area contributed by atoms with Gasteiger partial charge in [0.1, 0.15) is 12.0 Å². The second-order valence-electron chi connectivity index (χ2n) is 10.0. The van der Waals surface area contributed by atoms with Crippen LogP contribution in [0.5, 0.6) is 5.75 Å². The van der Waals surface area contributed by atoms with Gasteiger partial charge in [-0.1, -0.05) is 70.2 Å². The molecule has 0 fully saturated rings. The number of hydrogen-bond acceptors (Lipinski definition) is 3. The molecule has 0 N–H and O–H groups in total. The lowest BCUT2D eigenvalue weighted by atomic mass is 9.92. The van der Waals surface area contributed by atoms with Gasteiger partial charge in [0.25, 0.3) is 0 Å². The van der Waals surface area contributed by atoms with Crippen LogP contribution in [0.15, 0.2) is 48.5 Å². The Bertz CT molecular complexity index is 804. The van der Waals surface area contributed by atoms with Gasteiger partial charge in [0.2, 0.25) is 0 Å². The van der Waals surface area contributed by atoms with Gasteiger partial charge in [-0.2, -0.15) is 0 Å². The molecule has 0 saturated carbocycles. The highest BCUT2D eigenvalue weighted by atomic mass is 35.5. The fourth-order valence-corrected chi connectivity index (χ4v) is 4.07. The summed E-state index contributed by atoms with van der Waals surface area (Å²) in [6.45, 7) is 17.6. The first-order valence-electron chi connectivity index (χ1n) is 11.7. The third-order valence-corrected chi connectivity index (χ3v) is 6.06. The molecule has 2 atom stereocenters. The van der Waals surface area contributed by atoms with Crippen LogP contribution in [0.1, 0.15) is 72.1 Å². The fraction of sp³-hybridized carbons (Fsp3) is 0.571. The molecule has 0 spiro atoms. The molecule has 4 heteroatoms. The Hall–Kier alpha value is -1.55. The minimum absolute atomic E-state index is 0. The summed E-state index contributed by atoms with van der Waals surface area (Å²) in [5, 5.41) is 0. The molecule has 180 valence electrons. The van der Waals surface area contributed by atoms with E-state index in [0.29, 0.717) is 11.8 Å². The molecule has 0 aliphatic rings. The van der Waals surface area contributed by atoms with Crippen LogP contribution in [-0.4, -0.2) is 24.5 Å². The summed E-state index contributed by atoms with van der Waals surface area (Å²) in [4.78, 5) is 2.26. The average molecular weight is 462 g/mol. The Morgan fingerprint density at radius 1 is 0.812 bits per heavy atom. The Balaban J connectivity index is 0.00000512. The molecule has 2 aromatic carbocycles. The monoisotopic (exact) mass is 461 g/mol. The number of benzene rings is 2. The summed E-state index contributed by atoms with van der Waals surface area (Å²) < 4.78 is 12.7. The number of hydrogen-bond donors (Lipinski definition) is 0. The standard InChI is InChI=1S/C28H43NO2.ClH/c1-20(2)18-24-14-13-17-27(26(24)19-21(3)4)31-23(6)30-22(5)29(9)28(7,8)25-15-11-10-12-16-25;/h10-17,20-23H,18-19H2,1-9H3;1H. The van der Waals surface area contributed by atoms with Gasteiger partial charge < -0.3 is 9.47 Å². The van der Waals surface area contributed by atoms with E-state index in [2.05, 4.69) is 109 Å². The second kappa shape index (κ2) is 12.6. The van der Waals surface area contributed by atoms with Crippen LogP contribution in [0, 0.1) is 11.8 Å². The first-order chi connectivity index (χ1) is 14.5. The van der Waals surface area contributed by atoms with Gasteiger partial charge in [-0.05, 0) is 82.2 Å². The maximum atomic E-state index is 6.36. The normalized spacial score (nSPS) is 13.9. The zero-order chi connectivity index (χ0) is 23.2. The average Bonchev–Trinajstić information content (AvgIpc) is 2.69. The summed E-state index contributed by atoms with van der Waals surface area (Å²) in [6.07, 6.45) is 1.64. The first-order valence-corrected chi connectivity index (χ1v) is 11.7. The van der Waals surface area contributed by atoms with E-state index in [1.165, 1.54) is 16.7 Å². The number of rotatable bonds is 11. The molecule has 2 rings (SSSR count). The molecule has 0 amide bonds. The van der Waals surface area contributed by atoms with E-state index in [0.717, 1.165) is 18.6 Å². The second-order valence-corrected chi connectivity index (χ2v) is 10.0. The van der Waals surface area contributed by atoms with Crippen molar-refractivity contribution >= 4 is 12.4 Å². The van der Waals surface area contributed by atoms with Crippen molar-refractivity contribution in [2.24, 2.45) is 11.8 Å². The van der Waals surface area contributed by atoms with E-state index in [1.54, 1.807) is 0 Å². The molecule has 2 unspecified atom stereocenters. The Labute approximate surface area is 202 Å². The third kappa shape index (κ3) is 7.79. The van der Waals surface area contributed by atoms with Crippen LogP contribution in [-0.2, 0) is 23.1 Å². The van der Waals surface area contributed by atoms with Gasteiger partial charge in [0.15, 0.2) is 6.29 Å². The zero-order valence-electron chi connectivity index (χ0n) is 21.5. The fourth-order valence-electron chi connectivity index (χ4n) is 4.07. The molecule has 0 radical (unpaired) electrons. The van der Waals surface area contributed by atoms with Crippen LogP contribution < -0.4 is 4.74 Å². The zero-order valence-corrected chi connectivity index (χ0v) is 22.3. The van der Waals surface area contributed by atoms with Gasteiger partial charge in [-0.25, -0.2) is 0 Å². The predicted octanol–water partition coefficient (Wildman–Crippen LogP) is 7.46. The Morgan fingerprint density at radius 2 is 1.41 bits per heavy atom. The van der Waals surface area contributed by atoms with Crippen molar-refractivity contribution in [2.75, 3.05) is 7.05 Å². The van der Waals surface area contributed by atoms with Crippen LogP contribution in [0.4, 0.5) is 0 Å². The number of halogens is 1. The largest absolute Gasteiger partial charge is 0.465 e. The highest BCUT2D eigenvalue weighted by molar-refractivity contribution is 5.85. The van der Waals surface area contributed by atoms with Crippen LogP contribution in [0.3, 0.4) is 0 Å². The Kier molecular flexibility index (Phi) is 11.2. The molecule has 0 heterocycles. The van der Waals surface area contributed by atoms with Crippen molar-refractivity contribution < 1.29 is 9.47 Å². The lowest BCUT2D eigenvalue weighted by Crippen LogP contribution is -2.46. The van der Waals surface area contributed by atoms with Gasteiger partial charge in [0.05, 0.1) is 0 Å². The molecule has 0 aromatic heterocycles. The highest BCUT2D eigenvalue weighted by Crippen LogP contribution is 2.31. The minimum atomic E-state index is -0.343. The molecule has 0 saturated heterocycles. The number of nitrogens with zero attached hydrogens (tertiary/aromatic N) is 1. The van der Waals surface area contributed by atoms with E-state index < -0.39 is 0 Å². The van der Waals surface area contributed by atoms with E-state index in [4.69, 9.17) is 9.47 Å². The lowest BCUT2D eigenvalue weighted by molar-refractivity contribution is -0.168. The molecule has 0 aliphatic carbocycles. The van der Waals surface area contributed by atoms with E-state index >= 15 is 0 Å². The van der Waals surface area contributed by atoms with Crippen LogP contribution >= 0.6 is 12.4 Å². The van der Waals surface area contributed by atoms with Crippen molar-refractivity contribution in [3.8, 4) is 5.75 Å². The van der Waals surface area contributed by atoms with E-state index in [9.17, 15) is 0 Å². The van der Waals surface area contributed by atoms with Gasteiger partial charge >= 0.3 is 0 Å². The van der Waals surface area contributed by atoms with Gasteiger partial charge in [0, 0.05) is 5.54 Å². The topological polar surface area (TPSA) is 21.7 Å². The molecule has 2 aromatic rings.